The Balaban J connectivity index is 2.07. The SMILES string of the molecule is CC(C)(C)OC(=O)N1CC(Nc2ccccc2Br)(C(N)=O)C1. The smallest absolute Gasteiger partial charge is 0.410 e. The normalized spacial score (nSPS) is 16.6. The van der Waals surface area contributed by atoms with E-state index in [1.165, 1.54) is 4.90 Å². The zero-order chi connectivity index (χ0) is 16.5. The number of carbonyl (C=O) groups excluding carboxylic acids is 2. The Kier molecular flexibility index (Phi) is 4.37. The van der Waals surface area contributed by atoms with Crippen molar-refractivity contribution in [1.82, 2.24) is 4.90 Å². The van der Waals surface area contributed by atoms with Crippen molar-refractivity contribution in [2.24, 2.45) is 5.73 Å². The minimum Gasteiger partial charge on any atom is -0.444 e. The molecule has 0 spiro atoms. The van der Waals surface area contributed by atoms with Crippen LogP contribution in [0.5, 0.6) is 0 Å². The summed E-state index contributed by atoms with van der Waals surface area (Å²) in [5.41, 5.74) is 4.74. The monoisotopic (exact) mass is 369 g/mol. The van der Waals surface area contributed by atoms with Crippen molar-refractivity contribution in [2.75, 3.05) is 18.4 Å². The number of hydrogen-bond acceptors (Lipinski definition) is 4. The van der Waals surface area contributed by atoms with E-state index < -0.39 is 23.1 Å². The quantitative estimate of drug-likeness (QED) is 0.856. The van der Waals surface area contributed by atoms with Gasteiger partial charge < -0.3 is 20.7 Å². The van der Waals surface area contributed by atoms with E-state index in [0.29, 0.717) is 0 Å². The molecule has 120 valence electrons. The molecule has 0 unspecified atom stereocenters. The van der Waals surface area contributed by atoms with E-state index in [1.807, 2.05) is 24.3 Å². The molecule has 0 radical (unpaired) electrons. The van der Waals surface area contributed by atoms with Crippen LogP contribution in [0.15, 0.2) is 28.7 Å². The first kappa shape index (κ1) is 16.6. The molecule has 6 nitrogen and oxygen atoms in total. The number of amides is 2. The third-order valence-electron chi connectivity index (χ3n) is 3.29. The number of nitrogens with zero attached hydrogens (tertiary/aromatic N) is 1. The summed E-state index contributed by atoms with van der Waals surface area (Å²) >= 11 is 3.42. The van der Waals surface area contributed by atoms with Crippen LogP contribution in [0.4, 0.5) is 10.5 Å². The summed E-state index contributed by atoms with van der Waals surface area (Å²) in [7, 11) is 0. The van der Waals surface area contributed by atoms with Crippen LogP contribution in [-0.4, -0.2) is 41.1 Å². The van der Waals surface area contributed by atoms with Crippen molar-refractivity contribution in [3.05, 3.63) is 28.7 Å². The Labute approximate surface area is 138 Å². The maximum atomic E-state index is 12.0. The fourth-order valence-corrected chi connectivity index (χ4v) is 2.56. The van der Waals surface area contributed by atoms with Crippen molar-refractivity contribution in [2.45, 2.75) is 31.9 Å². The van der Waals surface area contributed by atoms with Gasteiger partial charge in [0.25, 0.3) is 0 Å². The molecule has 0 saturated carbocycles. The highest BCUT2D eigenvalue weighted by Crippen LogP contribution is 2.31. The molecule has 0 bridgehead atoms. The minimum atomic E-state index is -0.971. The van der Waals surface area contributed by atoms with Crippen molar-refractivity contribution in [3.8, 4) is 0 Å². The molecule has 3 N–H and O–H groups in total. The van der Waals surface area contributed by atoms with Crippen LogP contribution in [0.25, 0.3) is 0 Å². The highest BCUT2D eigenvalue weighted by Gasteiger charge is 2.51. The van der Waals surface area contributed by atoms with E-state index in [0.717, 1.165) is 10.2 Å². The molecule has 1 aromatic rings. The Morgan fingerprint density at radius 3 is 2.41 bits per heavy atom. The van der Waals surface area contributed by atoms with E-state index in [9.17, 15) is 9.59 Å². The fraction of sp³-hybridized carbons (Fsp3) is 0.467. The molecule has 1 aliphatic heterocycles. The van der Waals surface area contributed by atoms with Crippen LogP contribution in [0.1, 0.15) is 20.8 Å². The van der Waals surface area contributed by atoms with Gasteiger partial charge >= 0.3 is 6.09 Å². The van der Waals surface area contributed by atoms with E-state index in [4.69, 9.17) is 10.5 Å². The number of carbonyl (C=O) groups is 2. The lowest BCUT2D eigenvalue weighted by molar-refractivity contribution is -0.127. The molecule has 1 aliphatic rings. The van der Waals surface area contributed by atoms with Gasteiger partial charge in [0.15, 0.2) is 5.54 Å². The molecule has 2 amide bonds. The molecule has 7 heteroatoms. The fourth-order valence-electron chi connectivity index (χ4n) is 2.18. The second-order valence-electron chi connectivity index (χ2n) is 6.39. The van der Waals surface area contributed by atoms with E-state index in [1.54, 1.807) is 20.8 Å². The van der Waals surface area contributed by atoms with Gasteiger partial charge in [0.2, 0.25) is 5.91 Å². The molecule has 1 aromatic carbocycles. The molecule has 0 atom stereocenters. The third-order valence-corrected chi connectivity index (χ3v) is 3.98. The number of rotatable bonds is 3. The summed E-state index contributed by atoms with van der Waals surface area (Å²) in [6.07, 6.45) is -0.446. The van der Waals surface area contributed by atoms with Gasteiger partial charge in [-0.3, -0.25) is 4.79 Å². The van der Waals surface area contributed by atoms with Gasteiger partial charge in [-0.2, -0.15) is 0 Å². The van der Waals surface area contributed by atoms with Crippen LogP contribution >= 0.6 is 15.9 Å². The average molecular weight is 370 g/mol. The molecule has 0 aliphatic carbocycles. The van der Waals surface area contributed by atoms with Crippen molar-refractivity contribution in [3.63, 3.8) is 0 Å². The van der Waals surface area contributed by atoms with E-state index >= 15 is 0 Å². The number of para-hydroxylation sites is 1. The number of anilines is 1. The summed E-state index contributed by atoms with van der Waals surface area (Å²) in [4.78, 5) is 25.3. The number of benzene rings is 1. The number of hydrogen-bond donors (Lipinski definition) is 2. The summed E-state index contributed by atoms with van der Waals surface area (Å²) in [5.74, 6) is -0.497. The predicted molar refractivity (Wildman–Crippen MR) is 87.5 cm³/mol. The van der Waals surface area contributed by atoms with Gasteiger partial charge in [0.1, 0.15) is 5.60 Å². The van der Waals surface area contributed by atoms with Crippen molar-refractivity contribution >= 4 is 33.6 Å². The second kappa shape index (κ2) is 5.79. The molecule has 22 heavy (non-hydrogen) atoms. The van der Waals surface area contributed by atoms with Crippen molar-refractivity contribution < 1.29 is 14.3 Å². The summed E-state index contributed by atoms with van der Waals surface area (Å²) in [5, 5.41) is 3.14. The van der Waals surface area contributed by atoms with E-state index in [2.05, 4.69) is 21.2 Å². The summed E-state index contributed by atoms with van der Waals surface area (Å²) < 4.78 is 6.11. The molecule has 1 heterocycles. The first-order valence-electron chi connectivity index (χ1n) is 6.93. The predicted octanol–water partition coefficient (Wildman–Crippen LogP) is 2.34. The molecular formula is C15H20BrN3O3. The zero-order valence-electron chi connectivity index (χ0n) is 12.9. The highest BCUT2D eigenvalue weighted by atomic mass is 79.9. The van der Waals surface area contributed by atoms with Crippen LogP contribution in [0.2, 0.25) is 0 Å². The lowest BCUT2D eigenvalue weighted by Gasteiger charge is -2.48. The summed E-state index contributed by atoms with van der Waals surface area (Å²) in [6.45, 7) is 5.75. The number of halogens is 1. The number of likely N-dealkylation sites (tertiary alicyclic amines) is 1. The Hall–Kier alpha value is -1.76. The Morgan fingerprint density at radius 1 is 1.32 bits per heavy atom. The van der Waals surface area contributed by atoms with Gasteiger partial charge in [-0.1, -0.05) is 12.1 Å². The minimum absolute atomic E-state index is 0.179. The number of nitrogens with two attached hydrogens (primary N) is 1. The first-order valence-corrected chi connectivity index (χ1v) is 7.73. The maximum Gasteiger partial charge on any atom is 0.410 e. The Bertz CT molecular complexity index is 592. The summed E-state index contributed by atoms with van der Waals surface area (Å²) in [6, 6.07) is 7.43. The molecule has 0 aromatic heterocycles. The van der Waals surface area contributed by atoms with Gasteiger partial charge in [0, 0.05) is 10.2 Å². The lowest BCUT2D eigenvalue weighted by Crippen LogP contribution is -2.73. The van der Waals surface area contributed by atoms with Crippen LogP contribution in [0, 0.1) is 0 Å². The number of nitrogens with one attached hydrogen (secondary N) is 1. The lowest BCUT2D eigenvalue weighted by atomic mass is 9.89. The molecule has 1 fully saturated rings. The average Bonchev–Trinajstić information content (AvgIpc) is 2.32. The third kappa shape index (κ3) is 3.52. The largest absolute Gasteiger partial charge is 0.444 e. The van der Waals surface area contributed by atoms with Crippen molar-refractivity contribution in [1.29, 1.82) is 0 Å². The second-order valence-corrected chi connectivity index (χ2v) is 7.24. The van der Waals surface area contributed by atoms with Gasteiger partial charge in [0.05, 0.1) is 13.1 Å². The number of primary amides is 1. The molecule has 1 saturated heterocycles. The molecular weight excluding hydrogens is 350 g/mol. The standard InChI is InChI=1S/C15H20BrN3O3/c1-14(2,3)22-13(21)19-8-15(9-19,12(17)20)18-11-7-5-4-6-10(11)16/h4-7,18H,8-9H2,1-3H3,(H2,17,20). The van der Waals surface area contributed by atoms with E-state index in [-0.39, 0.29) is 13.1 Å². The maximum absolute atomic E-state index is 12.0. The van der Waals surface area contributed by atoms with Gasteiger partial charge in [-0.05, 0) is 48.8 Å². The topological polar surface area (TPSA) is 84.7 Å². The van der Waals surface area contributed by atoms with Crippen LogP contribution < -0.4 is 11.1 Å². The highest BCUT2D eigenvalue weighted by molar-refractivity contribution is 9.10. The Morgan fingerprint density at radius 2 is 1.91 bits per heavy atom. The zero-order valence-corrected chi connectivity index (χ0v) is 14.4. The van der Waals surface area contributed by atoms with Gasteiger partial charge in [-0.25, -0.2) is 4.79 Å². The number of ether oxygens (including phenoxy) is 1. The first-order chi connectivity index (χ1) is 10.1. The molecule has 2 rings (SSSR count). The van der Waals surface area contributed by atoms with Crippen LogP contribution in [-0.2, 0) is 9.53 Å². The van der Waals surface area contributed by atoms with Crippen LogP contribution in [0.3, 0.4) is 0 Å². The van der Waals surface area contributed by atoms with Gasteiger partial charge in [-0.15, -0.1) is 0 Å².